The molecule has 0 saturated carbocycles. The lowest BCUT2D eigenvalue weighted by atomic mass is 10.1. The summed E-state index contributed by atoms with van der Waals surface area (Å²) in [6.07, 6.45) is 0. The van der Waals surface area contributed by atoms with Crippen LogP contribution >= 0.6 is 0 Å². The van der Waals surface area contributed by atoms with Gasteiger partial charge in [0.2, 0.25) is 0 Å². The van der Waals surface area contributed by atoms with Crippen molar-refractivity contribution in [1.82, 2.24) is 5.32 Å². The molecule has 0 aliphatic rings. The molecule has 0 unspecified atom stereocenters. The third-order valence-electron chi connectivity index (χ3n) is 2.59. The van der Waals surface area contributed by atoms with E-state index in [2.05, 4.69) is 5.32 Å². The molecule has 2 aromatic rings. The van der Waals surface area contributed by atoms with Gasteiger partial charge in [-0.25, -0.2) is 0 Å². The topological polar surface area (TPSA) is 51.5 Å². The third-order valence-corrected chi connectivity index (χ3v) is 2.59. The Hall–Kier alpha value is -1.81. The van der Waals surface area contributed by atoms with Crippen LogP contribution in [0, 0.1) is 6.92 Å². The minimum absolute atomic E-state index is 0.121. The second-order valence-corrected chi connectivity index (χ2v) is 3.78. The fourth-order valence-corrected chi connectivity index (χ4v) is 1.80. The summed E-state index contributed by atoms with van der Waals surface area (Å²) in [7, 11) is 1.60. The molecule has 0 aliphatic carbocycles. The zero-order valence-corrected chi connectivity index (χ0v) is 9.95. The maximum atomic E-state index is 12.0. The van der Waals surface area contributed by atoms with Gasteiger partial charge in [0, 0.05) is 19.0 Å². The van der Waals surface area contributed by atoms with Gasteiger partial charge >= 0.3 is 0 Å². The standard InChI is InChI=1S/C13H15NO3/c1-9-12(13(15)14-7-8-16-2)10-5-3-4-6-11(10)17-9/h3-6H,7-8H2,1-2H3,(H,14,15). The Bertz CT molecular complexity index is 530. The van der Waals surface area contributed by atoms with E-state index in [1.807, 2.05) is 24.3 Å². The van der Waals surface area contributed by atoms with E-state index in [0.29, 0.717) is 24.5 Å². The Balaban J connectivity index is 2.28. The number of nitrogens with one attached hydrogen (secondary N) is 1. The van der Waals surface area contributed by atoms with E-state index in [0.717, 1.165) is 11.0 Å². The average Bonchev–Trinajstić information content (AvgIpc) is 2.65. The Morgan fingerprint density at radius 1 is 1.41 bits per heavy atom. The number of rotatable bonds is 4. The predicted molar refractivity (Wildman–Crippen MR) is 65.2 cm³/mol. The molecule has 0 spiro atoms. The van der Waals surface area contributed by atoms with Crippen molar-refractivity contribution in [3.63, 3.8) is 0 Å². The molecule has 0 bridgehead atoms. The van der Waals surface area contributed by atoms with E-state index in [9.17, 15) is 4.79 Å². The van der Waals surface area contributed by atoms with Gasteiger partial charge in [-0.05, 0) is 13.0 Å². The van der Waals surface area contributed by atoms with E-state index in [1.54, 1.807) is 14.0 Å². The van der Waals surface area contributed by atoms with Gasteiger partial charge < -0.3 is 14.5 Å². The lowest BCUT2D eigenvalue weighted by Crippen LogP contribution is -2.27. The van der Waals surface area contributed by atoms with Crippen molar-refractivity contribution in [2.24, 2.45) is 0 Å². The van der Waals surface area contributed by atoms with Crippen molar-refractivity contribution < 1.29 is 13.9 Å². The van der Waals surface area contributed by atoms with Gasteiger partial charge in [-0.1, -0.05) is 18.2 Å². The SMILES string of the molecule is COCCNC(=O)c1c(C)oc2ccccc12. The first-order chi connectivity index (χ1) is 8.24. The molecule has 0 saturated heterocycles. The number of fused-ring (bicyclic) bond motifs is 1. The molecule has 1 heterocycles. The van der Waals surface area contributed by atoms with Gasteiger partial charge in [-0.2, -0.15) is 0 Å². The maximum absolute atomic E-state index is 12.0. The second kappa shape index (κ2) is 5.01. The molecule has 90 valence electrons. The van der Waals surface area contributed by atoms with Crippen LogP contribution in [-0.4, -0.2) is 26.2 Å². The Labute approximate surface area is 99.6 Å². The van der Waals surface area contributed by atoms with Crippen molar-refractivity contribution in [3.05, 3.63) is 35.6 Å². The normalized spacial score (nSPS) is 10.7. The first kappa shape index (κ1) is 11.7. The largest absolute Gasteiger partial charge is 0.461 e. The van der Waals surface area contributed by atoms with Gasteiger partial charge in [-0.3, -0.25) is 4.79 Å². The van der Waals surface area contributed by atoms with E-state index >= 15 is 0 Å². The summed E-state index contributed by atoms with van der Waals surface area (Å²) >= 11 is 0. The van der Waals surface area contributed by atoms with Crippen LogP contribution in [0.4, 0.5) is 0 Å². The van der Waals surface area contributed by atoms with Gasteiger partial charge in [-0.15, -0.1) is 0 Å². The number of carbonyl (C=O) groups is 1. The molecule has 0 atom stereocenters. The van der Waals surface area contributed by atoms with Crippen LogP contribution in [0.5, 0.6) is 0 Å². The number of methoxy groups -OCH3 is 1. The fourth-order valence-electron chi connectivity index (χ4n) is 1.80. The number of furan rings is 1. The van der Waals surface area contributed by atoms with E-state index in [1.165, 1.54) is 0 Å². The van der Waals surface area contributed by atoms with E-state index in [-0.39, 0.29) is 5.91 Å². The van der Waals surface area contributed by atoms with Crippen LogP contribution in [0.1, 0.15) is 16.1 Å². The number of para-hydroxylation sites is 1. The molecule has 1 aromatic heterocycles. The zero-order chi connectivity index (χ0) is 12.3. The van der Waals surface area contributed by atoms with Crippen LogP contribution in [0.2, 0.25) is 0 Å². The summed E-state index contributed by atoms with van der Waals surface area (Å²) in [5.41, 5.74) is 1.35. The summed E-state index contributed by atoms with van der Waals surface area (Å²) in [6.45, 7) is 2.79. The molecule has 0 fully saturated rings. The van der Waals surface area contributed by atoms with Crippen LogP contribution < -0.4 is 5.32 Å². The van der Waals surface area contributed by atoms with Gasteiger partial charge in [0.25, 0.3) is 5.91 Å². The van der Waals surface area contributed by atoms with Gasteiger partial charge in [0.1, 0.15) is 11.3 Å². The van der Waals surface area contributed by atoms with Crippen molar-refractivity contribution in [2.75, 3.05) is 20.3 Å². The van der Waals surface area contributed by atoms with Crippen LogP contribution in [0.3, 0.4) is 0 Å². The van der Waals surface area contributed by atoms with Gasteiger partial charge in [0.15, 0.2) is 0 Å². The van der Waals surface area contributed by atoms with Gasteiger partial charge in [0.05, 0.1) is 12.2 Å². The summed E-state index contributed by atoms with van der Waals surface area (Å²) in [4.78, 5) is 12.0. The highest BCUT2D eigenvalue weighted by molar-refractivity contribution is 6.07. The maximum Gasteiger partial charge on any atom is 0.255 e. The minimum Gasteiger partial charge on any atom is -0.461 e. The second-order valence-electron chi connectivity index (χ2n) is 3.78. The first-order valence-corrected chi connectivity index (χ1v) is 5.49. The highest BCUT2D eigenvalue weighted by atomic mass is 16.5. The number of aryl methyl sites for hydroxylation is 1. The predicted octanol–water partition coefficient (Wildman–Crippen LogP) is 2.12. The summed E-state index contributed by atoms with van der Waals surface area (Å²) < 4.78 is 10.4. The molecule has 0 radical (unpaired) electrons. The van der Waals surface area contributed by atoms with Crippen molar-refractivity contribution in [3.8, 4) is 0 Å². The lowest BCUT2D eigenvalue weighted by molar-refractivity contribution is 0.0937. The molecule has 4 nitrogen and oxygen atoms in total. The van der Waals surface area contributed by atoms with Crippen molar-refractivity contribution in [2.45, 2.75) is 6.92 Å². The van der Waals surface area contributed by atoms with E-state index < -0.39 is 0 Å². The van der Waals surface area contributed by atoms with Crippen molar-refractivity contribution >= 4 is 16.9 Å². The monoisotopic (exact) mass is 233 g/mol. The summed E-state index contributed by atoms with van der Waals surface area (Å²) in [5.74, 6) is 0.519. The number of benzene rings is 1. The first-order valence-electron chi connectivity index (χ1n) is 5.49. The smallest absolute Gasteiger partial charge is 0.255 e. The van der Waals surface area contributed by atoms with Crippen LogP contribution in [0.15, 0.2) is 28.7 Å². The van der Waals surface area contributed by atoms with E-state index in [4.69, 9.17) is 9.15 Å². The average molecular weight is 233 g/mol. The number of hydrogen-bond acceptors (Lipinski definition) is 3. The Kier molecular flexibility index (Phi) is 3.44. The number of ether oxygens (including phenoxy) is 1. The molecular formula is C13H15NO3. The van der Waals surface area contributed by atoms with Crippen molar-refractivity contribution in [1.29, 1.82) is 0 Å². The number of amides is 1. The highest BCUT2D eigenvalue weighted by Gasteiger charge is 2.16. The molecule has 2 rings (SSSR count). The molecule has 1 N–H and O–H groups in total. The highest BCUT2D eigenvalue weighted by Crippen LogP contribution is 2.24. The molecule has 1 amide bonds. The fraction of sp³-hybridized carbons (Fsp3) is 0.308. The molecule has 1 aromatic carbocycles. The Morgan fingerprint density at radius 2 is 2.18 bits per heavy atom. The minimum atomic E-state index is -0.121. The Morgan fingerprint density at radius 3 is 2.94 bits per heavy atom. The number of hydrogen-bond donors (Lipinski definition) is 1. The molecular weight excluding hydrogens is 218 g/mol. The quantitative estimate of drug-likeness (QED) is 0.823. The molecule has 17 heavy (non-hydrogen) atoms. The van der Waals surface area contributed by atoms with Crippen LogP contribution in [0.25, 0.3) is 11.0 Å². The molecule has 4 heteroatoms. The zero-order valence-electron chi connectivity index (χ0n) is 9.95. The lowest BCUT2D eigenvalue weighted by Gasteiger charge is -2.03. The van der Waals surface area contributed by atoms with Crippen LogP contribution in [-0.2, 0) is 4.74 Å². The summed E-state index contributed by atoms with van der Waals surface area (Å²) in [6, 6.07) is 7.52. The summed E-state index contributed by atoms with van der Waals surface area (Å²) in [5, 5.41) is 3.64. The molecule has 0 aliphatic heterocycles. The third kappa shape index (κ3) is 2.31. The number of carbonyl (C=O) groups excluding carboxylic acids is 1.